The van der Waals surface area contributed by atoms with Crippen LogP contribution in [0.5, 0.6) is 5.75 Å². The molecule has 2 rings (SSSR count). The number of benzene rings is 1. The maximum atomic E-state index is 10.7. The average molecular weight is 210 g/mol. The molecule has 0 atom stereocenters. The van der Waals surface area contributed by atoms with E-state index in [0.717, 1.165) is 10.9 Å². The first-order valence-corrected chi connectivity index (χ1v) is 4.49. The van der Waals surface area contributed by atoms with Crippen LogP contribution in [0.4, 0.5) is 0 Å². The van der Waals surface area contributed by atoms with E-state index in [1.165, 1.54) is 6.92 Å². The fourth-order valence-corrected chi connectivity index (χ4v) is 1.51. The number of fused-ring (bicyclic) bond motifs is 1. The zero-order valence-electron chi connectivity index (χ0n) is 7.50. The van der Waals surface area contributed by atoms with Crippen LogP contribution in [0.2, 0.25) is 5.02 Å². The predicted octanol–water partition coefficient (Wildman–Crippen LogP) is 2.75. The van der Waals surface area contributed by atoms with Gasteiger partial charge in [0.1, 0.15) is 5.75 Å². The monoisotopic (exact) mass is 209 g/mol. The molecule has 0 aliphatic rings. The summed E-state index contributed by atoms with van der Waals surface area (Å²) in [7, 11) is 0. The molecule has 0 saturated carbocycles. The Hall–Kier alpha value is -1.48. The van der Waals surface area contributed by atoms with Gasteiger partial charge >= 0.3 is 5.97 Å². The fraction of sp³-hybridized carbons (Fsp3) is 0.100. The lowest BCUT2D eigenvalue weighted by Gasteiger charge is -2.00. The highest BCUT2D eigenvalue weighted by molar-refractivity contribution is 6.35. The fourth-order valence-electron chi connectivity index (χ4n) is 1.30. The first-order valence-electron chi connectivity index (χ1n) is 4.12. The minimum atomic E-state index is -0.337. The van der Waals surface area contributed by atoms with Gasteiger partial charge in [0, 0.05) is 24.0 Å². The first kappa shape index (κ1) is 9.09. The Morgan fingerprint density at radius 2 is 2.29 bits per heavy atom. The van der Waals surface area contributed by atoms with Gasteiger partial charge in [-0.05, 0) is 18.2 Å². The van der Waals surface area contributed by atoms with Crippen molar-refractivity contribution in [2.45, 2.75) is 6.92 Å². The molecule has 0 aliphatic heterocycles. The molecule has 72 valence electrons. The number of aromatic amines is 1. The van der Waals surface area contributed by atoms with Gasteiger partial charge in [-0.15, -0.1) is 0 Å². The van der Waals surface area contributed by atoms with E-state index < -0.39 is 0 Å². The highest BCUT2D eigenvalue weighted by Crippen LogP contribution is 2.26. The third-order valence-corrected chi connectivity index (χ3v) is 2.18. The average Bonchev–Trinajstić information content (AvgIpc) is 2.47. The summed E-state index contributed by atoms with van der Waals surface area (Å²) in [6, 6.07) is 5.27. The summed E-state index contributed by atoms with van der Waals surface area (Å²) in [5, 5.41) is 1.47. The second-order valence-electron chi connectivity index (χ2n) is 2.94. The number of ether oxygens (including phenoxy) is 1. The molecule has 0 saturated heterocycles. The Morgan fingerprint density at radius 3 is 3.00 bits per heavy atom. The number of nitrogens with one attached hydrogen (secondary N) is 1. The normalized spacial score (nSPS) is 10.4. The van der Waals surface area contributed by atoms with Crippen molar-refractivity contribution in [3.63, 3.8) is 0 Å². The molecule has 2 aromatic rings. The number of rotatable bonds is 1. The molecule has 1 aromatic carbocycles. The van der Waals surface area contributed by atoms with Crippen LogP contribution in [-0.2, 0) is 4.79 Å². The Morgan fingerprint density at radius 1 is 1.50 bits per heavy atom. The number of halogens is 1. The van der Waals surface area contributed by atoms with Crippen LogP contribution < -0.4 is 4.74 Å². The standard InChI is InChI=1S/C10H8ClNO2/c1-6(13)14-7-2-3-10-8(4-7)9(11)5-12-10/h2-5,12H,1H3. The van der Waals surface area contributed by atoms with Crippen LogP contribution in [0.3, 0.4) is 0 Å². The first-order chi connectivity index (χ1) is 6.66. The van der Waals surface area contributed by atoms with Crippen molar-refractivity contribution in [2.24, 2.45) is 0 Å². The number of H-pyrrole nitrogens is 1. The van der Waals surface area contributed by atoms with E-state index in [2.05, 4.69) is 4.98 Å². The summed E-state index contributed by atoms with van der Waals surface area (Å²) in [6.07, 6.45) is 1.70. The molecule has 0 radical (unpaired) electrons. The summed E-state index contributed by atoms with van der Waals surface area (Å²) in [6.45, 7) is 1.36. The smallest absolute Gasteiger partial charge is 0.308 e. The molecule has 0 bridgehead atoms. The van der Waals surface area contributed by atoms with Gasteiger partial charge in [0.05, 0.1) is 5.02 Å². The van der Waals surface area contributed by atoms with Crippen molar-refractivity contribution in [1.29, 1.82) is 0 Å². The molecule has 14 heavy (non-hydrogen) atoms. The maximum Gasteiger partial charge on any atom is 0.308 e. The highest BCUT2D eigenvalue weighted by Gasteiger charge is 2.04. The topological polar surface area (TPSA) is 42.1 Å². The molecule has 4 heteroatoms. The lowest BCUT2D eigenvalue weighted by Crippen LogP contribution is -2.00. The zero-order chi connectivity index (χ0) is 10.1. The van der Waals surface area contributed by atoms with Crippen LogP contribution in [0.1, 0.15) is 6.92 Å². The van der Waals surface area contributed by atoms with Crippen LogP contribution in [0, 0.1) is 0 Å². The molecule has 0 fully saturated rings. The van der Waals surface area contributed by atoms with Crippen LogP contribution >= 0.6 is 11.6 Å². The molecule has 1 heterocycles. The van der Waals surface area contributed by atoms with Gasteiger partial charge in [0.25, 0.3) is 0 Å². The van der Waals surface area contributed by atoms with Crippen molar-refractivity contribution in [3.05, 3.63) is 29.4 Å². The minimum absolute atomic E-state index is 0.337. The lowest BCUT2D eigenvalue weighted by molar-refractivity contribution is -0.131. The number of esters is 1. The van der Waals surface area contributed by atoms with Crippen LogP contribution in [0.15, 0.2) is 24.4 Å². The molecule has 1 aromatic heterocycles. The van der Waals surface area contributed by atoms with Gasteiger partial charge in [-0.2, -0.15) is 0 Å². The molecule has 0 aliphatic carbocycles. The molecule has 0 amide bonds. The lowest BCUT2D eigenvalue weighted by atomic mass is 10.2. The number of carbonyl (C=O) groups excluding carboxylic acids is 1. The molecule has 0 unspecified atom stereocenters. The summed E-state index contributed by atoms with van der Waals surface area (Å²) in [4.78, 5) is 13.7. The zero-order valence-corrected chi connectivity index (χ0v) is 8.26. The van der Waals surface area contributed by atoms with Gasteiger partial charge in [0.2, 0.25) is 0 Å². The molecule has 0 spiro atoms. The molecule has 3 nitrogen and oxygen atoms in total. The predicted molar refractivity (Wildman–Crippen MR) is 54.6 cm³/mol. The number of aromatic nitrogens is 1. The molecular weight excluding hydrogens is 202 g/mol. The molecule has 1 N–H and O–H groups in total. The van der Waals surface area contributed by atoms with E-state index in [1.54, 1.807) is 18.3 Å². The van der Waals surface area contributed by atoms with Gasteiger partial charge < -0.3 is 9.72 Å². The molecular formula is C10H8ClNO2. The summed E-state index contributed by atoms with van der Waals surface area (Å²) in [5.74, 6) is 0.169. The Labute approximate surface area is 85.6 Å². The highest BCUT2D eigenvalue weighted by atomic mass is 35.5. The second kappa shape index (κ2) is 3.35. The van der Waals surface area contributed by atoms with E-state index in [0.29, 0.717) is 10.8 Å². The van der Waals surface area contributed by atoms with Crippen LogP contribution in [-0.4, -0.2) is 11.0 Å². The Bertz CT molecular complexity index is 490. The van der Waals surface area contributed by atoms with Crippen molar-refractivity contribution in [3.8, 4) is 5.75 Å². The Balaban J connectivity index is 2.49. The third kappa shape index (κ3) is 1.59. The van der Waals surface area contributed by atoms with E-state index in [4.69, 9.17) is 16.3 Å². The van der Waals surface area contributed by atoms with E-state index in [9.17, 15) is 4.79 Å². The van der Waals surface area contributed by atoms with Gasteiger partial charge in [0.15, 0.2) is 0 Å². The number of carbonyl (C=O) groups is 1. The maximum absolute atomic E-state index is 10.7. The largest absolute Gasteiger partial charge is 0.427 e. The Kier molecular flexibility index (Phi) is 2.17. The van der Waals surface area contributed by atoms with E-state index >= 15 is 0 Å². The van der Waals surface area contributed by atoms with Crippen LogP contribution in [0.25, 0.3) is 10.9 Å². The minimum Gasteiger partial charge on any atom is -0.427 e. The quantitative estimate of drug-likeness (QED) is 0.580. The van der Waals surface area contributed by atoms with Crippen molar-refractivity contribution < 1.29 is 9.53 Å². The second-order valence-corrected chi connectivity index (χ2v) is 3.34. The van der Waals surface area contributed by atoms with E-state index in [-0.39, 0.29) is 5.97 Å². The van der Waals surface area contributed by atoms with Crippen molar-refractivity contribution in [2.75, 3.05) is 0 Å². The van der Waals surface area contributed by atoms with Crippen molar-refractivity contribution in [1.82, 2.24) is 4.98 Å². The summed E-state index contributed by atoms with van der Waals surface area (Å²) >= 11 is 5.91. The number of hydrogen-bond acceptors (Lipinski definition) is 2. The van der Waals surface area contributed by atoms with Gasteiger partial charge in [-0.3, -0.25) is 4.79 Å². The SMILES string of the molecule is CC(=O)Oc1ccc2[nH]cc(Cl)c2c1. The number of hydrogen-bond donors (Lipinski definition) is 1. The van der Waals surface area contributed by atoms with Gasteiger partial charge in [-0.1, -0.05) is 11.6 Å². The van der Waals surface area contributed by atoms with E-state index in [1.807, 2.05) is 6.07 Å². The third-order valence-electron chi connectivity index (χ3n) is 1.86. The van der Waals surface area contributed by atoms with Crippen molar-refractivity contribution >= 4 is 28.5 Å². The van der Waals surface area contributed by atoms with Gasteiger partial charge in [-0.25, -0.2) is 0 Å². The summed E-state index contributed by atoms with van der Waals surface area (Å²) < 4.78 is 4.94. The summed E-state index contributed by atoms with van der Waals surface area (Å²) in [5.41, 5.74) is 0.922.